The van der Waals surface area contributed by atoms with Crippen LogP contribution in [0.5, 0.6) is 0 Å². The number of nitrogens with zero attached hydrogens (tertiary/aromatic N) is 2. The van der Waals surface area contributed by atoms with E-state index in [0.29, 0.717) is 5.69 Å². The Bertz CT molecular complexity index is 1070. The molecule has 24 heavy (non-hydrogen) atoms. The molecule has 0 bridgehead atoms. The average Bonchev–Trinajstić information content (AvgIpc) is 2.88. The fourth-order valence-corrected chi connectivity index (χ4v) is 4.18. The Morgan fingerprint density at radius 1 is 1.17 bits per heavy atom. The molecular weight excluding hydrogens is 352 g/mol. The van der Waals surface area contributed by atoms with E-state index in [1.807, 2.05) is 6.92 Å². The third-order valence-corrected chi connectivity index (χ3v) is 5.62. The first-order chi connectivity index (χ1) is 11.2. The van der Waals surface area contributed by atoms with Gasteiger partial charge in [-0.3, -0.25) is 0 Å². The van der Waals surface area contributed by atoms with Crippen LogP contribution in [0.4, 0.5) is 0 Å². The molecule has 0 aliphatic heterocycles. The van der Waals surface area contributed by atoms with E-state index in [2.05, 4.69) is 4.98 Å². The number of aryl methyl sites for hydroxylation is 2. The summed E-state index contributed by atoms with van der Waals surface area (Å²) in [7, 11) is -4.13. The van der Waals surface area contributed by atoms with E-state index in [1.54, 1.807) is 25.1 Å². The number of carboxylic acids is 1. The van der Waals surface area contributed by atoms with Crippen molar-refractivity contribution in [2.24, 2.45) is 0 Å². The Kier molecular flexibility index (Phi) is 3.85. The minimum absolute atomic E-state index is 0.00187. The molecule has 6 nitrogen and oxygen atoms in total. The Balaban J connectivity index is 2.41. The second-order valence-electron chi connectivity index (χ2n) is 5.40. The Morgan fingerprint density at radius 2 is 1.79 bits per heavy atom. The van der Waals surface area contributed by atoms with Gasteiger partial charge in [-0.05, 0) is 38.1 Å². The van der Waals surface area contributed by atoms with Crippen molar-refractivity contribution >= 4 is 38.6 Å². The van der Waals surface area contributed by atoms with Gasteiger partial charge in [0.15, 0.2) is 5.65 Å². The van der Waals surface area contributed by atoms with E-state index in [4.69, 9.17) is 11.6 Å². The van der Waals surface area contributed by atoms with Crippen molar-refractivity contribution in [3.8, 4) is 0 Å². The molecular formula is C16H13ClN2O4S. The fraction of sp³-hybridized carbons (Fsp3) is 0.125. The summed E-state index contributed by atoms with van der Waals surface area (Å²) in [5, 5.41) is 9.95. The Morgan fingerprint density at radius 3 is 2.38 bits per heavy atom. The Labute approximate surface area is 143 Å². The SMILES string of the molecule is Cc1ccc(S(=O)(=O)n2c(C(=O)O)cc3c(Cl)cc(C)nc32)cc1. The molecule has 0 aliphatic rings. The van der Waals surface area contributed by atoms with Crippen LogP contribution < -0.4 is 0 Å². The van der Waals surface area contributed by atoms with E-state index in [1.165, 1.54) is 18.2 Å². The summed E-state index contributed by atoms with van der Waals surface area (Å²) in [4.78, 5) is 15.7. The summed E-state index contributed by atoms with van der Waals surface area (Å²) in [5.74, 6) is -1.38. The monoisotopic (exact) mass is 364 g/mol. The summed E-state index contributed by atoms with van der Waals surface area (Å²) in [6, 6.07) is 8.92. The minimum atomic E-state index is -4.13. The average molecular weight is 365 g/mol. The molecule has 0 aliphatic carbocycles. The van der Waals surface area contributed by atoms with Crippen LogP contribution in [-0.4, -0.2) is 28.5 Å². The van der Waals surface area contributed by atoms with Crippen LogP contribution in [0.25, 0.3) is 11.0 Å². The first kappa shape index (κ1) is 16.5. The van der Waals surface area contributed by atoms with Gasteiger partial charge in [-0.2, -0.15) is 0 Å². The van der Waals surface area contributed by atoms with Crippen LogP contribution >= 0.6 is 11.6 Å². The number of carboxylic acid groups (broad SMARTS) is 1. The number of hydrogen-bond acceptors (Lipinski definition) is 4. The van der Waals surface area contributed by atoms with Crippen LogP contribution in [0.15, 0.2) is 41.3 Å². The number of pyridine rings is 1. The maximum Gasteiger partial charge on any atom is 0.353 e. The first-order valence-corrected chi connectivity index (χ1v) is 8.78. The van der Waals surface area contributed by atoms with Crippen LogP contribution in [0.1, 0.15) is 21.7 Å². The molecule has 0 saturated heterocycles. The van der Waals surface area contributed by atoms with E-state index in [0.717, 1.165) is 9.54 Å². The van der Waals surface area contributed by atoms with Gasteiger partial charge in [0.1, 0.15) is 5.69 Å². The highest BCUT2D eigenvalue weighted by Crippen LogP contribution is 2.30. The minimum Gasteiger partial charge on any atom is -0.477 e. The number of aromatic nitrogens is 2. The van der Waals surface area contributed by atoms with Crippen LogP contribution in [0.3, 0.4) is 0 Å². The topological polar surface area (TPSA) is 89.3 Å². The van der Waals surface area contributed by atoms with Gasteiger partial charge in [0.25, 0.3) is 10.0 Å². The normalized spacial score (nSPS) is 11.8. The van der Waals surface area contributed by atoms with Crippen molar-refractivity contribution in [3.63, 3.8) is 0 Å². The van der Waals surface area contributed by atoms with Crippen molar-refractivity contribution < 1.29 is 18.3 Å². The summed E-state index contributed by atoms with van der Waals surface area (Å²) in [6.07, 6.45) is 0. The van der Waals surface area contributed by atoms with E-state index in [9.17, 15) is 18.3 Å². The van der Waals surface area contributed by atoms with Gasteiger partial charge in [-0.1, -0.05) is 29.3 Å². The van der Waals surface area contributed by atoms with Gasteiger partial charge in [0.2, 0.25) is 0 Å². The molecule has 0 amide bonds. The summed E-state index contributed by atoms with van der Waals surface area (Å²) in [5.41, 5.74) is 0.966. The third kappa shape index (κ3) is 2.55. The molecule has 124 valence electrons. The van der Waals surface area contributed by atoms with E-state index >= 15 is 0 Å². The largest absolute Gasteiger partial charge is 0.477 e. The molecule has 0 atom stereocenters. The third-order valence-electron chi connectivity index (χ3n) is 3.59. The number of halogens is 1. The molecule has 1 N–H and O–H groups in total. The van der Waals surface area contributed by atoms with Gasteiger partial charge >= 0.3 is 5.97 Å². The first-order valence-electron chi connectivity index (χ1n) is 6.96. The zero-order valence-electron chi connectivity index (χ0n) is 12.8. The second kappa shape index (κ2) is 5.61. The molecule has 2 aromatic heterocycles. The summed E-state index contributed by atoms with van der Waals surface area (Å²) < 4.78 is 26.7. The van der Waals surface area contributed by atoms with Gasteiger partial charge in [0, 0.05) is 11.1 Å². The zero-order valence-corrected chi connectivity index (χ0v) is 14.4. The van der Waals surface area contributed by atoms with Crippen molar-refractivity contribution in [2.75, 3.05) is 0 Å². The maximum absolute atomic E-state index is 13.0. The van der Waals surface area contributed by atoms with Gasteiger partial charge < -0.3 is 5.11 Å². The molecule has 3 rings (SSSR count). The molecule has 2 heterocycles. The molecule has 0 saturated carbocycles. The smallest absolute Gasteiger partial charge is 0.353 e. The number of carbonyl (C=O) groups is 1. The Hall–Kier alpha value is -2.38. The molecule has 0 spiro atoms. The van der Waals surface area contributed by atoms with Gasteiger partial charge in [0.05, 0.1) is 9.92 Å². The van der Waals surface area contributed by atoms with Crippen molar-refractivity contribution in [2.45, 2.75) is 18.7 Å². The highest BCUT2D eigenvalue weighted by molar-refractivity contribution is 7.90. The molecule has 1 aromatic carbocycles. The van der Waals surface area contributed by atoms with Crippen LogP contribution in [0, 0.1) is 13.8 Å². The predicted octanol–water partition coefficient (Wildman–Crippen LogP) is 3.24. The zero-order chi connectivity index (χ0) is 17.6. The van der Waals surface area contributed by atoms with Crippen LogP contribution in [0.2, 0.25) is 5.02 Å². The predicted molar refractivity (Wildman–Crippen MR) is 90.2 cm³/mol. The van der Waals surface area contributed by atoms with Crippen molar-refractivity contribution in [1.29, 1.82) is 0 Å². The lowest BCUT2D eigenvalue weighted by atomic mass is 10.2. The van der Waals surface area contributed by atoms with Crippen LogP contribution in [-0.2, 0) is 10.0 Å². The lowest BCUT2D eigenvalue weighted by Crippen LogP contribution is -2.19. The molecule has 8 heteroatoms. The fourth-order valence-electron chi connectivity index (χ4n) is 2.43. The van der Waals surface area contributed by atoms with Crippen molar-refractivity contribution in [3.05, 3.63) is 58.4 Å². The maximum atomic E-state index is 13.0. The second-order valence-corrected chi connectivity index (χ2v) is 7.59. The quantitative estimate of drug-likeness (QED) is 0.770. The molecule has 0 unspecified atom stereocenters. The van der Waals surface area contributed by atoms with E-state index < -0.39 is 21.7 Å². The number of aromatic carboxylic acids is 1. The molecule has 3 aromatic rings. The highest BCUT2D eigenvalue weighted by Gasteiger charge is 2.28. The van der Waals surface area contributed by atoms with E-state index in [-0.39, 0.29) is 21.0 Å². The molecule has 0 fully saturated rings. The number of rotatable bonds is 3. The lowest BCUT2D eigenvalue weighted by molar-refractivity contribution is 0.0689. The molecule has 0 radical (unpaired) electrons. The van der Waals surface area contributed by atoms with Gasteiger partial charge in [-0.25, -0.2) is 22.2 Å². The standard InChI is InChI=1S/C16H13ClN2O4S/c1-9-3-5-11(6-4-9)24(22,23)19-14(16(20)21)8-12-13(17)7-10(2)18-15(12)19/h3-8H,1-2H3,(H,20,21). The highest BCUT2D eigenvalue weighted by atomic mass is 35.5. The van der Waals surface area contributed by atoms with Gasteiger partial charge in [-0.15, -0.1) is 0 Å². The summed E-state index contributed by atoms with van der Waals surface area (Å²) in [6.45, 7) is 3.48. The number of benzene rings is 1. The van der Waals surface area contributed by atoms with Crippen molar-refractivity contribution in [1.82, 2.24) is 8.96 Å². The summed E-state index contributed by atoms with van der Waals surface area (Å²) >= 11 is 6.13. The number of hydrogen-bond donors (Lipinski definition) is 1. The number of fused-ring (bicyclic) bond motifs is 1. The lowest BCUT2D eigenvalue weighted by Gasteiger charge is -2.10.